The fraction of sp³-hybridized carbons (Fsp3) is 0.150. The van der Waals surface area contributed by atoms with Crippen molar-refractivity contribution in [1.82, 2.24) is 10.3 Å². The summed E-state index contributed by atoms with van der Waals surface area (Å²) in [5.41, 5.74) is 3.11. The number of hydrogen-bond donors (Lipinski definition) is 1. The molecule has 0 radical (unpaired) electrons. The van der Waals surface area contributed by atoms with Gasteiger partial charge in [-0.3, -0.25) is 4.98 Å². The molecule has 1 N–H and O–H groups in total. The molecule has 0 amide bonds. The summed E-state index contributed by atoms with van der Waals surface area (Å²) in [7, 11) is 0. The highest BCUT2D eigenvalue weighted by molar-refractivity contribution is 6.31. The SMILES string of the molecule is Clc1ccccc1COc1ccccc1CNCc1ccccn1.[Cl-]. The first-order valence-electron chi connectivity index (χ1n) is 7.87. The number of nitrogens with one attached hydrogen (secondary N) is 1. The van der Waals surface area contributed by atoms with Gasteiger partial charge in [0.05, 0.1) is 5.69 Å². The van der Waals surface area contributed by atoms with E-state index in [1.807, 2.05) is 60.7 Å². The van der Waals surface area contributed by atoms with Crippen molar-refractivity contribution in [2.45, 2.75) is 19.7 Å². The maximum absolute atomic E-state index is 6.18. The van der Waals surface area contributed by atoms with Gasteiger partial charge in [0.1, 0.15) is 12.4 Å². The highest BCUT2D eigenvalue weighted by Gasteiger charge is 2.05. The van der Waals surface area contributed by atoms with Crippen LogP contribution in [-0.4, -0.2) is 4.98 Å². The summed E-state index contributed by atoms with van der Waals surface area (Å²) >= 11 is 6.18. The second kappa shape index (κ2) is 10.0. The van der Waals surface area contributed by atoms with Crippen molar-refractivity contribution in [1.29, 1.82) is 0 Å². The van der Waals surface area contributed by atoms with Crippen molar-refractivity contribution < 1.29 is 17.1 Å². The molecule has 0 saturated carbocycles. The normalized spacial score (nSPS) is 10.1. The Labute approximate surface area is 159 Å². The van der Waals surface area contributed by atoms with E-state index >= 15 is 0 Å². The molecule has 5 heteroatoms. The minimum absolute atomic E-state index is 0. The Morgan fingerprint density at radius 1 is 0.840 bits per heavy atom. The number of aromatic nitrogens is 1. The predicted octanol–water partition coefficient (Wildman–Crippen LogP) is 1.61. The smallest absolute Gasteiger partial charge is 0.124 e. The lowest BCUT2D eigenvalue weighted by Crippen LogP contribution is -3.00. The molecule has 0 aliphatic heterocycles. The number of benzene rings is 2. The molecule has 0 saturated heterocycles. The summed E-state index contributed by atoms with van der Waals surface area (Å²) in [6.07, 6.45) is 1.80. The third kappa shape index (κ3) is 5.75. The Morgan fingerprint density at radius 3 is 2.32 bits per heavy atom. The van der Waals surface area contributed by atoms with Crippen LogP contribution in [0.1, 0.15) is 16.8 Å². The Hall–Kier alpha value is -2.07. The van der Waals surface area contributed by atoms with E-state index in [2.05, 4.69) is 16.4 Å². The van der Waals surface area contributed by atoms with Crippen LogP contribution in [0.5, 0.6) is 5.75 Å². The van der Waals surface area contributed by atoms with Crippen LogP contribution in [0.25, 0.3) is 0 Å². The van der Waals surface area contributed by atoms with E-state index in [0.29, 0.717) is 6.61 Å². The van der Waals surface area contributed by atoms with Crippen LogP contribution < -0.4 is 22.5 Å². The topological polar surface area (TPSA) is 34.1 Å². The van der Waals surface area contributed by atoms with Crippen molar-refractivity contribution in [2.24, 2.45) is 0 Å². The van der Waals surface area contributed by atoms with Gasteiger partial charge in [0.25, 0.3) is 0 Å². The summed E-state index contributed by atoms with van der Waals surface area (Å²) in [5.74, 6) is 0.867. The first-order chi connectivity index (χ1) is 11.8. The summed E-state index contributed by atoms with van der Waals surface area (Å²) in [5, 5.41) is 4.12. The quantitative estimate of drug-likeness (QED) is 0.683. The molecule has 0 aliphatic rings. The average Bonchev–Trinajstić information content (AvgIpc) is 2.63. The molecule has 3 nitrogen and oxygen atoms in total. The van der Waals surface area contributed by atoms with Gasteiger partial charge >= 0.3 is 0 Å². The number of halogens is 2. The molecule has 0 atom stereocenters. The molecule has 0 bridgehead atoms. The molecule has 0 spiro atoms. The molecule has 1 aromatic heterocycles. The minimum Gasteiger partial charge on any atom is -1.00 e. The Balaban J connectivity index is 0.00000225. The van der Waals surface area contributed by atoms with Gasteiger partial charge in [-0.1, -0.05) is 54.1 Å². The Bertz CT molecular complexity index is 781. The number of pyridine rings is 1. The summed E-state index contributed by atoms with van der Waals surface area (Å²) < 4.78 is 5.97. The lowest BCUT2D eigenvalue weighted by atomic mass is 10.2. The van der Waals surface area contributed by atoms with Crippen molar-refractivity contribution in [3.05, 3.63) is 94.8 Å². The number of para-hydroxylation sites is 1. The van der Waals surface area contributed by atoms with Crippen LogP contribution >= 0.6 is 11.6 Å². The van der Waals surface area contributed by atoms with Crippen molar-refractivity contribution >= 4 is 11.6 Å². The molecular weight excluding hydrogens is 355 g/mol. The Kier molecular flexibility index (Phi) is 7.74. The van der Waals surface area contributed by atoms with Gasteiger partial charge in [0, 0.05) is 35.4 Å². The number of rotatable bonds is 7. The van der Waals surface area contributed by atoms with Gasteiger partial charge in [-0.2, -0.15) is 0 Å². The summed E-state index contributed by atoms with van der Waals surface area (Å²) in [6.45, 7) is 1.89. The zero-order valence-corrected chi connectivity index (χ0v) is 15.2. The van der Waals surface area contributed by atoms with Crippen LogP contribution in [0.3, 0.4) is 0 Å². The van der Waals surface area contributed by atoms with E-state index < -0.39 is 0 Å². The van der Waals surface area contributed by atoms with Crippen LogP contribution in [0.2, 0.25) is 5.02 Å². The number of ether oxygens (including phenoxy) is 1. The van der Waals surface area contributed by atoms with Gasteiger partial charge in [-0.25, -0.2) is 0 Å². The first-order valence-corrected chi connectivity index (χ1v) is 8.25. The fourth-order valence-electron chi connectivity index (χ4n) is 2.39. The second-order valence-electron chi connectivity index (χ2n) is 5.41. The first kappa shape index (κ1) is 19.3. The summed E-state index contributed by atoms with van der Waals surface area (Å²) in [4.78, 5) is 4.31. The molecule has 25 heavy (non-hydrogen) atoms. The molecule has 0 fully saturated rings. The summed E-state index contributed by atoms with van der Waals surface area (Å²) in [6, 6.07) is 21.7. The Morgan fingerprint density at radius 2 is 1.56 bits per heavy atom. The van der Waals surface area contributed by atoms with Crippen molar-refractivity contribution in [2.75, 3.05) is 0 Å². The van der Waals surface area contributed by atoms with Crippen molar-refractivity contribution in [3.8, 4) is 5.75 Å². The predicted molar refractivity (Wildman–Crippen MR) is 97.0 cm³/mol. The van der Waals surface area contributed by atoms with E-state index in [4.69, 9.17) is 16.3 Å². The maximum Gasteiger partial charge on any atom is 0.124 e. The maximum atomic E-state index is 6.18. The molecule has 3 aromatic rings. The third-order valence-corrected chi connectivity index (χ3v) is 4.03. The van der Waals surface area contributed by atoms with Crippen molar-refractivity contribution in [3.63, 3.8) is 0 Å². The molecule has 2 aromatic carbocycles. The minimum atomic E-state index is 0. The lowest BCUT2D eigenvalue weighted by Gasteiger charge is -2.13. The largest absolute Gasteiger partial charge is 1.00 e. The van der Waals surface area contributed by atoms with Crippen LogP contribution in [0, 0.1) is 0 Å². The lowest BCUT2D eigenvalue weighted by molar-refractivity contribution is -0.00000516. The van der Waals surface area contributed by atoms with Gasteiger partial charge in [-0.15, -0.1) is 0 Å². The average molecular weight is 374 g/mol. The highest BCUT2D eigenvalue weighted by Crippen LogP contribution is 2.22. The molecular formula is C20H19Cl2N2O-. The van der Waals surface area contributed by atoms with E-state index in [1.165, 1.54) is 0 Å². The standard InChI is InChI=1S/C20H19ClN2O.ClH/c21-19-10-3-1-8-17(19)15-24-20-11-4-2-7-16(20)13-22-14-18-9-5-6-12-23-18;/h1-12,22H,13-15H2;1H/p-1. The van der Waals surface area contributed by atoms with Gasteiger partial charge in [0.15, 0.2) is 0 Å². The zero-order valence-electron chi connectivity index (χ0n) is 13.7. The third-order valence-electron chi connectivity index (χ3n) is 3.66. The molecule has 3 rings (SSSR count). The molecule has 1 heterocycles. The highest BCUT2D eigenvalue weighted by atomic mass is 35.5. The van der Waals surface area contributed by atoms with Gasteiger partial charge < -0.3 is 22.5 Å². The second-order valence-corrected chi connectivity index (χ2v) is 5.82. The number of hydrogen-bond acceptors (Lipinski definition) is 3. The van der Waals surface area contributed by atoms with Gasteiger partial charge in [0.2, 0.25) is 0 Å². The molecule has 130 valence electrons. The van der Waals surface area contributed by atoms with E-state index in [1.54, 1.807) is 6.20 Å². The van der Waals surface area contributed by atoms with Crippen LogP contribution in [0.4, 0.5) is 0 Å². The molecule has 0 aliphatic carbocycles. The van der Waals surface area contributed by atoms with Gasteiger partial charge in [-0.05, 0) is 24.3 Å². The van der Waals surface area contributed by atoms with E-state index in [9.17, 15) is 0 Å². The monoisotopic (exact) mass is 373 g/mol. The van der Waals surface area contributed by atoms with Crippen LogP contribution in [0.15, 0.2) is 72.9 Å². The van der Waals surface area contributed by atoms with E-state index in [0.717, 1.165) is 40.7 Å². The van der Waals surface area contributed by atoms with Crippen LogP contribution in [-0.2, 0) is 19.7 Å². The molecule has 0 unspecified atom stereocenters. The van der Waals surface area contributed by atoms with E-state index in [-0.39, 0.29) is 12.4 Å². The zero-order chi connectivity index (χ0) is 16.6. The fourth-order valence-corrected chi connectivity index (χ4v) is 2.58. The number of nitrogens with zero attached hydrogens (tertiary/aromatic N) is 1.